The first-order valence-corrected chi connectivity index (χ1v) is 31.0. The van der Waals surface area contributed by atoms with Gasteiger partial charge in [0.2, 0.25) is 40.5 Å². The molecule has 7 amide bonds. The van der Waals surface area contributed by atoms with Crippen LogP contribution in [0.5, 0.6) is 0 Å². The van der Waals surface area contributed by atoms with E-state index < -0.39 is 105 Å². The van der Waals surface area contributed by atoms with Gasteiger partial charge in [0.1, 0.15) is 98.1 Å². The number of pyridine rings is 4. The minimum Gasteiger partial charge on any atom is -0.384 e. The smallest absolute Gasteiger partial charge is 0.384 e. The van der Waals surface area contributed by atoms with Crippen LogP contribution in [0.25, 0.3) is 0 Å². The van der Waals surface area contributed by atoms with E-state index in [1.807, 2.05) is 10.6 Å². The second-order valence-corrected chi connectivity index (χ2v) is 24.6. The number of primary amides is 1. The number of nitrogen functional groups attached to an aromatic ring is 1. The number of halogens is 14. The molecule has 0 spiro atoms. The van der Waals surface area contributed by atoms with Crippen molar-refractivity contribution in [2.75, 3.05) is 32.3 Å². The van der Waals surface area contributed by atoms with Gasteiger partial charge in [0.15, 0.2) is 0 Å². The molecule has 32 nitrogen and oxygen atoms in total. The molecule has 6 aliphatic rings. The first-order chi connectivity index (χ1) is 49.2. The normalized spacial score (nSPS) is 18.6. The largest absolute Gasteiger partial charge is 0.449 e. The zero-order valence-electron chi connectivity index (χ0n) is 54.4. The van der Waals surface area contributed by atoms with Crippen LogP contribution in [0.4, 0.5) is 99.0 Å². The van der Waals surface area contributed by atoms with Gasteiger partial charge in [-0.05, 0) is 108 Å². The van der Waals surface area contributed by atoms with Gasteiger partial charge in [0.05, 0.1) is 0 Å². The summed E-state index contributed by atoms with van der Waals surface area (Å²) in [5.41, 5.74) is -3.43. The van der Waals surface area contributed by atoms with Gasteiger partial charge in [-0.3, -0.25) is 71.2 Å². The van der Waals surface area contributed by atoms with Crippen LogP contribution in [0.15, 0.2) is 105 Å². The lowest BCUT2D eigenvalue weighted by Gasteiger charge is -2.29. The molecule has 13 rings (SSSR count). The maximum absolute atomic E-state index is 13.5. The summed E-state index contributed by atoms with van der Waals surface area (Å²) in [6.45, 7) is 2.62. The quantitative estimate of drug-likeness (QED) is 0.0570. The molecule has 46 heteroatoms. The van der Waals surface area contributed by atoms with E-state index >= 15 is 0 Å². The summed E-state index contributed by atoms with van der Waals surface area (Å²) < 4.78 is 153. The van der Waals surface area contributed by atoms with Crippen LogP contribution in [-0.4, -0.2) is 120 Å². The lowest BCUT2D eigenvalue weighted by atomic mass is 10.2. The fraction of sp³-hybridized carbons (Fsp3) is 0.344. The molecule has 0 aromatic carbocycles. The number of fused-ring (bicyclic) bond motifs is 3. The number of nitrogens with zero attached hydrogens (tertiary/aromatic N) is 9. The van der Waals surface area contributed by atoms with Gasteiger partial charge in [-0.1, -0.05) is 30.6 Å². The first kappa shape index (κ1) is 82.4. The van der Waals surface area contributed by atoms with Gasteiger partial charge in [-0.2, -0.15) is 52.7 Å². The molecule has 10 heterocycles. The number of carbonyl (C=O) groups excluding carboxylic acids is 8. The molecule has 0 bridgehead atoms. The van der Waals surface area contributed by atoms with Crippen molar-refractivity contribution in [2.45, 2.75) is 115 Å². The van der Waals surface area contributed by atoms with Crippen molar-refractivity contribution in [1.82, 2.24) is 64.5 Å². The molecular formula is C61H58Cl2F12N20O12. The lowest BCUT2D eigenvalue weighted by Crippen LogP contribution is -2.55. The average molecular weight is 1560 g/mol. The highest BCUT2D eigenvalue weighted by atomic mass is 35.5. The van der Waals surface area contributed by atoms with Crippen LogP contribution in [0, 0.1) is 17.8 Å². The highest BCUT2D eigenvalue weighted by Gasteiger charge is 2.61. The van der Waals surface area contributed by atoms with Crippen LogP contribution in [-0.2, 0) is 36.2 Å². The summed E-state index contributed by atoms with van der Waals surface area (Å²) in [6.07, 6.45) is -10.5. The second kappa shape index (κ2) is 31.5. The van der Waals surface area contributed by atoms with Crippen molar-refractivity contribution in [3.63, 3.8) is 0 Å². The van der Waals surface area contributed by atoms with E-state index in [0.717, 1.165) is 75.4 Å². The van der Waals surface area contributed by atoms with E-state index in [-0.39, 0.29) is 99.0 Å². The molecule has 0 saturated heterocycles. The van der Waals surface area contributed by atoms with Crippen LogP contribution in [0.3, 0.4) is 0 Å². The van der Waals surface area contributed by atoms with E-state index in [1.54, 1.807) is 11.4 Å². The minimum absolute atomic E-state index is 0. The maximum atomic E-state index is 13.5. The van der Waals surface area contributed by atoms with Crippen molar-refractivity contribution in [3.05, 3.63) is 160 Å². The van der Waals surface area contributed by atoms with Gasteiger partial charge >= 0.3 is 24.7 Å². The molecular weight excluding hydrogens is 1500 g/mol. The zero-order valence-corrected chi connectivity index (χ0v) is 55.9. The van der Waals surface area contributed by atoms with Crippen molar-refractivity contribution < 1.29 is 91.0 Å². The molecule has 3 aliphatic heterocycles. The van der Waals surface area contributed by atoms with E-state index in [4.69, 9.17) is 34.7 Å². The third-order valence-electron chi connectivity index (χ3n) is 15.6. The Kier molecular flexibility index (Phi) is 24.2. The third-order valence-corrected chi connectivity index (χ3v) is 16.2. The standard InChI is InChI=1S/2C17H15F3N6O3.C9H6ClF3N2O2.C8H10N4O.C6H5ClN2O2.C3H3F3O.CH4/c2*1-16(17(18,19)20)25-14(28)10-5-4-9(15(29)26(10)16)23-11-6-12(22-7-21-11)24-13(27)8-2-3-8;1-8(9(11,12)13)14-6(16)5-3-2-4(10)7(17)15(5)8;9-6-3-7(11-4-10-6)12-8(13)5-1-2-5;7-3-1-2-4(5(8)10)9-6(3)11;1-2(7)3(4,5)6;/h2*4-8H,2-3H2,1H3,(H,25,28)(H2,21,22,23,24,27);2-3H,1H3,(H,14,16);3-5H,1-2H2,(H3,9,10,11,12,13);1-2H,(H2,8,10)(H,9,11);1H3;1H4. The number of rotatable bonds is 11. The molecule has 7 aromatic heterocycles. The van der Waals surface area contributed by atoms with Crippen LogP contribution < -0.4 is 76.2 Å². The van der Waals surface area contributed by atoms with Crippen LogP contribution in [0.1, 0.15) is 116 Å². The summed E-state index contributed by atoms with van der Waals surface area (Å²) in [5, 5.41) is 18.2. The Hall–Kier alpha value is -11.9. The third kappa shape index (κ3) is 19.0. The summed E-state index contributed by atoms with van der Waals surface area (Å²) in [4.78, 5) is 163. The lowest BCUT2D eigenvalue weighted by molar-refractivity contribution is -0.213. The zero-order chi connectivity index (χ0) is 78.7. The fourth-order valence-corrected chi connectivity index (χ4v) is 9.54. The Morgan fingerprint density at radius 2 is 0.785 bits per heavy atom. The van der Waals surface area contributed by atoms with E-state index in [9.17, 15) is 110 Å². The molecule has 3 aliphatic carbocycles. The molecule has 572 valence electrons. The number of hydrogen-bond acceptors (Lipinski definition) is 21. The number of aromatic nitrogens is 10. The number of ketones is 1. The summed E-state index contributed by atoms with van der Waals surface area (Å²) in [6, 6.07) is 13.7. The van der Waals surface area contributed by atoms with Gasteiger partial charge in [-0.25, -0.2) is 29.9 Å². The molecule has 13 N–H and O–H groups in total. The van der Waals surface area contributed by atoms with Gasteiger partial charge in [0, 0.05) is 42.9 Å². The number of carbonyl (C=O) groups is 8. The molecule has 107 heavy (non-hydrogen) atoms. The average Bonchev–Trinajstić information content (AvgIpc) is 1.60. The number of H-pyrrole nitrogens is 1. The number of Topliss-reactive ketones (excluding diaryl/α,β-unsaturated/α-hetero) is 1. The number of aromatic amines is 1. The highest BCUT2D eigenvalue weighted by molar-refractivity contribution is 6.30. The fourth-order valence-electron chi connectivity index (χ4n) is 9.29. The number of nitrogens with one attached hydrogen (secondary N) is 9. The summed E-state index contributed by atoms with van der Waals surface area (Å²) in [5.74, 6) is -4.25. The summed E-state index contributed by atoms with van der Waals surface area (Å²) in [7, 11) is 0. The maximum Gasteiger partial charge on any atom is 0.449 e. The Morgan fingerprint density at radius 3 is 1.09 bits per heavy atom. The first-order valence-electron chi connectivity index (χ1n) is 30.3. The number of anilines is 8. The summed E-state index contributed by atoms with van der Waals surface area (Å²) >= 11 is 10.9. The molecule has 7 aromatic rings. The van der Waals surface area contributed by atoms with Gasteiger partial charge in [0.25, 0.3) is 45.9 Å². The number of alkyl halides is 12. The predicted molar refractivity (Wildman–Crippen MR) is 354 cm³/mol. The van der Waals surface area contributed by atoms with Crippen LogP contribution in [0.2, 0.25) is 10.0 Å². The van der Waals surface area contributed by atoms with E-state index in [1.165, 1.54) is 42.7 Å². The molecule has 0 radical (unpaired) electrons. The van der Waals surface area contributed by atoms with Crippen LogP contribution >= 0.6 is 23.2 Å². The Morgan fingerprint density at radius 1 is 0.477 bits per heavy atom. The molecule has 3 fully saturated rings. The Bertz CT molecular complexity index is 4760. The van der Waals surface area contributed by atoms with Crippen molar-refractivity contribution in [3.8, 4) is 0 Å². The molecule has 3 unspecified atom stereocenters. The van der Waals surface area contributed by atoms with Gasteiger partial charge < -0.3 is 59.0 Å². The minimum atomic E-state index is -4.90. The van der Waals surface area contributed by atoms with E-state index in [0.29, 0.717) is 53.0 Å². The highest BCUT2D eigenvalue weighted by Crippen LogP contribution is 2.41. The Labute approximate surface area is 601 Å². The monoisotopic (exact) mass is 1560 g/mol. The SMILES string of the molecule is C.CC(=O)C(F)(F)F.CC1(C(F)(F)F)NC(=O)c2ccc(Cl)c(=O)n21.CC1(C(F)(F)F)NC(=O)c2ccc(Nc3cc(NC(=O)C4CC4)ncn3)c(=O)n21.CC1(C(F)(F)F)NC(=O)c2ccc(Nc3cc(NC(=O)C4CC4)ncn3)c(=O)n21.NC(=O)c1ccc(Cl)c(=O)[nH]1.Nc1cc(NC(=O)C2CC2)ncn1. The Balaban J connectivity index is 0.000000190. The number of hydrogen-bond donors (Lipinski definition) is 11. The topological polar surface area (TPSA) is 461 Å². The van der Waals surface area contributed by atoms with Crippen molar-refractivity contribution in [1.29, 1.82) is 0 Å². The van der Waals surface area contributed by atoms with Crippen molar-refractivity contribution >= 4 is 117 Å². The molecule has 3 saturated carbocycles. The second-order valence-electron chi connectivity index (χ2n) is 23.7. The van der Waals surface area contributed by atoms with Gasteiger partial charge in [-0.15, -0.1) is 0 Å². The number of amides is 7. The van der Waals surface area contributed by atoms with E-state index in [2.05, 4.69) is 61.5 Å². The molecule has 3 atom stereocenters. The van der Waals surface area contributed by atoms with Crippen molar-refractivity contribution in [2.24, 2.45) is 23.5 Å². The number of nitrogens with two attached hydrogens (primary N) is 2. The predicted octanol–water partition coefficient (Wildman–Crippen LogP) is 7.21.